The predicted molar refractivity (Wildman–Crippen MR) is 58.0 cm³/mol. The van der Waals surface area contributed by atoms with Crippen LogP contribution in [0.2, 0.25) is 0 Å². The fraction of sp³-hybridized carbons (Fsp3) is 0.600. The molecule has 1 aromatic rings. The molecular formula is C10H15BrN2. The maximum Gasteiger partial charge on any atom is 0.129 e. The average Bonchev–Trinajstić information content (AvgIpc) is 2.04. The van der Waals surface area contributed by atoms with E-state index in [2.05, 4.69) is 39.7 Å². The van der Waals surface area contributed by atoms with Crippen LogP contribution in [0.25, 0.3) is 0 Å². The summed E-state index contributed by atoms with van der Waals surface area (Å²) in [5.74, 6) is 1.54. The third kappa shape index (κ3) is 3.43. The van der Waals surface area contributed by atoms with Gasteiger partial charge in [0.2, 0.25) is 0 Å². The van der Waals surface area contributed by atoms with E-state index in [-0.39, 0.29) is 0 Å². The molecule has 1 unspecified atom stereocenters. The summed E-state index contributed by atoms with van der Waals surface area (Å²) >= 11 is 3.62. The lowest BCUT2D eigenvalue weighted by atomic mass is 10.1. The van der Waals surface area contributed by atoms with Gasteiger partial charge >= 0.3 is 0 Å². The van der Waals surface area contributed by atoms with E-state index in [1.54, 1.807) is 0 Å². The molecule has 13 heavy (non-hydrogen) atoms. The van der Waals surface area contributed by atoms with Gasteiger partial charge in [0.15, 0.2) is 0 Å². The van der Waals surface area contributed by atoms with Gasteiger partial charge in [-0.25, -0.2) is 9.97 Å². The Morgan fingerprint density at radius 1 is 1.46 bits per heavy atom. The second-order valence-corrected chi connectivity index (χ2v) is 4.75. The average molecular weight is 243 g/mol. The molecular weight excluding hydrogens is 228 g/mol. The van der Waals surface area contributed by atoms with Crippen LogP contribution in [0.3, 0.4) is 0 Å². The number of nitrogens with zero attached hydrogens (tertiary/aromatic N) is 2. The summed E-state index contributed by atoms with van der Waals surface area (Å²) in [6.07, 6.45) is 2.72. The Hall–Kier alpha value is -0.440. The molecule has 0 spiro atoms. The lowest BCUT2D eigenvalue weighted by Gasteiger charge is -2.12. The fourth-order valence-electron chi connectivity index (χ4n) is 1.01. The summed E-state index contributed by atoms with van der Waals surface area (Å²) < 4.78 is 0. The van der Waals surface area contributed by atoms with Crippen LogP contribution < -0.4 is 0 Å². The molecule has 1 aromatic heterocycles. The Balaban J connectivity index is 2.64. The number of hydrogen-bond donors (Lipinski definition) is 0. The first kappa shape index (κ1) is 10.6. The fourth-order valence-corrected chi connectivity index (χ4v) is 1.30. The van der Waals surface area contributed by atoms with Crippen molar-refractivity contribution in [3.8, 4) is 0 Å². The van der Waals surface area contributed by atoms with Crippen molar-refractivity contribution in [2.24, 2.45) is 5.92 Å². The molecule has 1 atom stereocenters. The molecule has 0 bridgehead atoms. The highest BCUT2D eigenvalue weighted by molar-refractivity contribution is 9.09. The van der Waals surface area contributed by atoms with Crippen LogP contribution in [0.5, 0.6) is 0 Å². The highest BCUT2D eigenvalue weighted by Crippen LogP contribution is 2.15. The summed E-state index contributed by atoms with van der Waals surface area (Å²) in [5, 5.41) is 0. The lowest BCUT2D eigenvalue weighted by molar-refractivity contribution is 0.599. The van der Waals surface area contributed by atoms with Crippen LogP contribution in [0.15, 0.2) is 12.3 Å². The van der Waals surface area contributed by atoms with Gasteiger partial charge in [-0.05, 0) is 18.9 Å². The normalized spacial score (nSPS) is 13.3. The van der Waals surface area contributed by atoms with Crippen molar-refractivity contribution in [3.63, 3.8) is 0 Å². The van der Waals surface area contributed by atoms with E-state index in [4.69, 9.17) is 0 Å². The Morgan fingerprint density at radius 2 is 2.15 bits per heavy atom. The quantitative estimate of drug-likeness (QED) is 0.763. The third-order valence-corrected chi connectivity index (χ3v) is 3.33. The van der Waals surface area contributed by atoms with Crippen molar-refractivity contribution >= 4 is 15.9 Å². The Bertz CT molecular complexity index is 273. The molecule has 0 N–H and O–H groups in total. The van der Waals surface area contributed by atoms with Crippen molar-refractivity contribution in [2.75, 3.05) is 0 Å². The minimum atomic E-state index is 0.467. The molecule has 0 saturated carbocycles. The Labute approximate surface area is 87.9 Å². The van der Waals surface area contributed by atoms with Crippen molar-refractivity contribution in [1.82, 2.24) is 9.97 Å². The van der Waals surface area contributed by atoms with Crippen molar-refractivity contribution in [3.05, 3.63) is 23.8 Å². The van der Waals surface area contributed by atoms with Crippen molar-refractivity contribution < 1.29 is 0 Å². The first-order valence-corrected chi connectivity index (χ1v) is 5.43. The minimum Gasteiger partial charge on any atom is -0.241 e. The minimum absolute atomic E-state index is 0.467. The van der Waals surface area contributed by atoms with Gasteiger partial charge in [0.05, 0.1) is 0 Å². The lowest BCUT2D eigenvalue weighted by Crippen LogP contribution is -2.12. The van der Waals surface area contributed by atoms with E-state index in [1.807, 2.05) is 19.2 Å². The van der Waals surface area contributed by atoms with Gasteiger partial charge in [-0.15, -0.1) is 0 Å². The number of aryl methyl sites for hydroxylation is 1. The number of hydrogen-bond acceptors (Lipinski definition) is 2. The molecule has 0 amide bonds. The molecule has 0 aromatic carbocycles. The van der Waals surface area contributed by atoms with Gasteiger partial charge in [0.25, 0.3) is 0 Å². The summed E-state index contributed by atoms with van der Waals surface area (Å²) in [7, 11) is 0. The monoisotopic (exact) mass is 242 g/mol. The van der Waals surface area contributed by atoms with Gasteiger partial charge in [-0.2, -0.15) is 0 Å². The van der Waals surface area contributed by atoms with E-state index < -0.39 is 0 Å². The standard InChI is InChI=1S/C10H15BrN2/c1-7(2)9(11)6-10-12-5-4-8(3)13-10/h4-5,7,9H,6H2,1-3H3. The van der Waals surface area contributed by atoms with Gasteiger partial charge in [-0.1, -0.05) is 29.8 Å². The molecule has 72 valence electrons. The molecule has 1 heterocycles. The maximum atomic E-state index is 4.35. The zero-order valence-electron chi connectivity index (χ0n) is 8.29. The Morgan fingerprint density at radius 3 is 2.69 bits per heavy atom. The number of alkyl halides is 1. The molecule has 0 radical (unpaired) electrons. The van der Waals surface area contributed by atoms with E-state index >= 15 is 0 Å². The summed E-state index contributed by atoms with van der Waals surface area (Å²) in [6.45, 7) is 6.37. The van der Waals surface area contributed by atoms with Gasteiger partial charge in [0, 0.05) is 23.1 Å². The predicted octanol–water partition coefficient (Wildman–Crippen LogP) is 2.75. The SMILES string of the molecule is Cc1ccnc(CC(Br)C(C)C)n1. The highest BCUT2D eigenvalue weighted by Gasteiger charge is 2.11. The summed E-state index contributed by atoms with van der Waals surface area (Å²) in [5.41, 5.74) is 1.04. The van der Waals surface area contributed by atoms with Gasteiger partial charge < -0.3 is 0 Å². The van der Waals surface area contributed by atoms with E-state index in [9.17, 15) is 0 Å². The molecule has 3 heteroatoms. The molecule has 0 aliphatic carbocycles. The summed E-state index contributed by atoms with van der Waals surface area (Å²) in [6, 6.07) is 1.92. The molecule has 2 nitrogen and oxygen atoms in total. The van der Waals surface area contributed by atoms with Crippen LogP contribution in [-0.2, 0) is 6.42 Å². The summed E-state index contributed by atoms with van der Waals surface area (Å²) in [4.78, 5) is 9.04. The van der Waals surface area contributed by atoms with Crippen LogP contribution in [0.4, 0.5) is 0 Å². The molecule has 1 rings (SSSR count). The molecule has 0 aliphatic heterocycles. The second kappa shape index (κ2) is 4.70. The van der Waals surface area contributed by atoms with Crippen LogP contribution in [0, 0.1) is 12.8 Å². The second-order valence-electron chi connectivity index (χ2n) is 3.58. The van der Waals surface area contributed by atoms with Crippen LogP contribution >= 0.6 is 15.9 Å². The zero-order valence-corrected chi connectivity index (χ0v) is 9.87. The van der Waals surface area contributed by atoms with Crippen LogP contribution in [-0.4, -0.2) is 14.8 Å². The molecule has 0 saturated heterocycles. The molecule has 0 fully saturated rings. The Kier molecular flexibility index (Phi) is 3.85. The van der Waals surface area contributed by atoms with E-state index in [0.29, 0.717) is 10.7 Å². The number of aromatic nitrogens is 2. The first-order chi connectivity index (χ1) is 6.09. The maximum absolute atomic E-state index is 4.35. The first-order valence-electron chi connectivity index (χ1n) is 4.52. The highest BCUT2D eigenvalue weighted by atomic mass is 79.9. The van der Waals surface area contributed by atoms with E-state index in [1.165, 1.54) is 0 Å². The third-order valence-electron chi connectivity index (χ3n) is 1.95. The number of halogens is 1. The number of rotatable bonds is 3. The topological polar surface area (TPSA) is 25.8 Å². The van der Waals surface area contributed by atoms with Crippen molar-refractivity contribution in [1.29, 1.82) is 0 Å². The van der Waals surface area contributed by atoms with E-state index in [0.717, 1.165) is 17.9 Å². The zero-order chi connectivity index (χ0) is 9.84. The largest absolute Gasteiger partial charge is 0.241 e. The van der Waals surface area contributed by atoms with Gasteiger partial charge in [-0.3, -0.25) is 0 Å². The smallest absolute Gasteiger partial charge is 0.129 e. The van der Waals surface area contributed by atoms with Crippen LogP contribution in [0.1, 0.15) is 25.4 Å². The van der Waals surface area contributed by atoms with Gasteiger partial charge in [0.1, 0.15) is 5.82 Å². The van der Waals surface area contributed by atoms with Crippen molar-refractivity contribution in [2.45, 2.75) is 32.0 Å². The molecule has 0 aliphatic rings.